The molecule has 0 amide bonds. The van der Waals surface area contributed by atoms with E-state index in [0.717, 1.165) is 5.52 Å². The van der Waals surface area contributed by atoms with Crippen molar-refractivity contribution < 1.29 is 12.8 Å². The molecule has 0 aliphatic rings. The third kappa shape index (κ3) is 3.51. The Morgan fingerprint density at radius 2 is 2.15 bits per heavy atom. The first-order valence-corrected chi connectivity index (χ1v) is 9.28. The van der Waals surface area contributed by atoms with Gasteiger partial charge in [-0.05, 0) is 28.4 Å². The summed E-state index contributed by atoms with van der Waals surface area (Å²) in [5, 5.41) is 0. The van der Waals surface area contributed by atoms with Crippen molar-refractivity contribution in [3.05, 3.63) is 28.2 Å². The summed E-state index contributed by atoms with van der Waals surface area (Å²) in [5.74, 6) is 0.496. The van der Waals surface area contributed by atoms with Crippen molar-refractivity contribution in [2.75, 3.05) is 12.0 Å². The van der Waals surface area contributed by atoms with Crippen LogP contribution in [-0.2, 0) is 22.3 Å². The minimum Gasteiger partial charge on any atom is -0.327 e. The van der Waals surface area contributed by atoms with Crippen molar-refractivity contribution in [1.29, 1.82) is 0 Å². The van der Waals surface area contributed by atoms with Gasteiger partial charge in [-0.1, -0.05) is 0 Å². The Morgan fingerprint density at radius 3 is 2.75 bits per heavy atom. The molecule has 0 aliphatic carbocycles. The summed E-state index contributed by atoms with van der Waals surface area (Å²) < 4.78 is 38.0. The monoisotopic (exact) mass is 382 g/mol. The van der Waals surface area contributed by atoms with E-state index in [-0.39, 0.29) is 17.5 Å². The number of halogens is 3. The fourth-order valence-corrected chi connectivity index (χ4v) is 3.20. The zero-order valence-electron chi connectivity index (χ0n) is 10.7. The van der Waals surface area contributed by atoms with Gasteiger partial charge in [-0.15, -0.1) is 11.6 Å². The molecular formula is C12H13BrClFN2O2S. The predicted octanol–water partition coefficient (Wildman–Crippen LogP) is 3.11. The van der Waals surface area contributed by atoms with E-state index in [0.29, 0.717) is 28.8 Å². The van der Waals surface area contributed by atoms with E-state index in [9.17, 15) is 12.8 Å². The zero-order valence-corrected chi connectivity index (χ0v) is 13.9. The highest BCUT2D eigenvalue weighted by Gasteiger charge is 2.13. The van der Waals surface area contributed by atoms with Gasteiger partial charge in [0.1, 0.15) is 21.5 Å². The molecule has 1 heterocycles. The van der Waals surface area contributed by atoms with E-state index in [2.05, 4.69) is 20.9 Å². The number of alkyl halides is 1. The van der Waals surface area contributed by atoms with E-state index in [1.54, 1.807) is 6.07 Å². The smallest absolute Gasteiger partial charge is 0.147 e. The number of hydrogen-bond donors (Lipinski definition) is 0. The Balaban J connectivity index is 2.37. The molecule has 0 N–H and O–H groups in total. The van der Waals surface area contributed by atoms with Gasteiger partial charge < -0.3 is 4.57 Å². The van der Waals surface area contributed by atoms with Crippen LogP contribution in [0, 0.1) is 5.82 Å². The Kier molecular flexibility index (Phi) is 4.71. The van der Waals surface area contributed by atoms with Crippen LogP contribution in [0.4, 0.5) is 4.39 Å². The van der Waals surface area contributed by atoms with Crippen LogP contribution in [0.3, 0.4) is 0 Å². The van der Waals surface area contributed by atoms with Gasteiger partial charge in [0.15, 0.2) is 0 Å². The summed E-state index contributed by atoms with van der Waals surface area (Å²) in [6.07, 6.45) is 1.66. The van der Waals surface area contributed by atoms with Gasteiger partial charge in [-0.2, -0.15) is 0 Å². The van der Waals surface area contributed by atoms with Gasteiger partial charge in [-0.25, -0.2) is 17.8 Å². The first-order valence-electron chi connectivity index (χ1n) is 5.89. The third-order valence-electron chi connectivity index (χ3n) is 2.89. The van der Waals surface area contributed by atoms with Gasteiger partial charge in [0, 0.05) is 18.9 Å². The Morgan fingerprint density at radius 1 is 1.45 bits per heavy atom. The molecule has 0 atom stereocenters. The van der Waals surface area contributed by atoms with Gasteiger partial charge >= 0.3 is 0 Å². The molecule has 1 aromatic heterocycles. The number of sulfone groups is 1. The van der Waals surface area contributed by atoms with Crippen LogP contribution in [0.5, 0.6) is 0 Å². The molecule has 2 rings (SSSR count). The molecule has 0 saturated carbocycles. The van der Waals surface area contributed by atoms with Crippen molar-refractivity contribution in [3.8, 4) is 0 Å². The molecule has 0 unspecified atom stereocenters. The first-order chi connectivity index (χ1) is 9.31. The lowest BCUT2D eigenvalue weighted by atomic mass is 10.3. The predicted molar refractivity (Wildman–Crippen MR) is 81.3 cm³/mol. The van der Waals surface area contributed by atoms with Crippen molar-refractivity contribution in [3.63, 3.8) is 0 Å². The van der Waals surface area contributed by atoms with Gasteiger partial charge in [0.25, 0.3) is 0 Å². The lowest BCUT2D eigenvalue weighted by Crippen LogP contribution is -2.09. The molecular weight excluding hydrogens is 371 g/mol. The fraction of sp³-hybridized carbons (Fsp3) is 0.417. The quantitative estimate of drug-likeness (QED) is 0.746. The highest BCUT2D eigenvalue weighted by molar-refractivity contribution is 9.10. The average Bonchev–Trinajstić information content (AvgIpc) is 2.66. The molecule has 4 nitrogen and oxygen atoms in total. The standard InChI is InChI=1S/C12H13BrClFN2O2S/c1-20(18,19)4-2-3-17-11-5-8(13)9(15)6-10(11)16-12(17)7-14/h5-6H,2-4,7H2,1H3. The molecule has 110 valence electrons. The minimum absolute atomic E-state index is 0.0940. The number of benzene rings is 1. The van der Waals surface area contributed by atoms with Crippen LogP contribution in [0.25, 0.3) is 11.0 Å². The zero-order chi connectivity index (χ0) is 14.9. The first kappa shape index (κ1) is 15.7. The van der Waals surface area contributed by atoms with E-state index < -0.39 is 9.84 Å². The molecule has 20 heavy (non-hydrogen) atoms. The number of nitrogens with zero attached hydrogens (tertiary/aromatic N) is 2. The maximum Gasteiger partial charge on any atom is 0.147 e. The van der Waals surface area contributed by atoms with E-state index in [1.165, 1.54) is 12.3 Å². The van der Waals surface area contributed by atoms with Crippen molar-refractivity contribution in [2.45, 2.75) is 18.8 Å². The van der Waals surface area contributed by atoms with Gasteiger partial charge in [-0.3, -0.25) is 0 Å². The highest BCUT2D eigenvalue weighted by atomic mass is 79.9. The van der Waals surface area contributed by atoms with Crippen LogP contribution in [0.1, 0.15) is 12.2 Å². The number of aryl methyl sites for hydroxylation is 1. The normalized spacial score (nSPS) is 12.2. The van der Waals surface area contributed by atoms with E-state index in [1.807, 2.05) is 4.57 Å². The van der Waals surface area contributed by atoms with Crippen LogP contribution in [0.15, 0.2) is 16.6 Å². The van der Waals surface area contributed by atoms with Gasteiger partial charge in [0.2, 0.25) is 0 Å². The molecule has 2 aromatic rings. The third-order valence-corrected chi connectivity index (χ3v) is 4.76. The molecule has 0 radical (unpaired) electrons. The number of hydrogen-bond acceptors (Lipinski definition) is 3. The van der Waals surface area contributed by atoms with Crippen LogP contribution < -0.4 is 0 Å². The van der Waals surface area contributed by atoms with Gasteiger partial charge in [0.05, 0.1) is 27.1 Å². The molecule has 0 bridgehead atoms. The van der Waals surface area contributed by atoms with Crippen LogP contribution in [-0.4, -0.2) is 30.0 Å². The topological polar surface area (TPSA) is 52.0 Å². The second-order valence-electron chi connectivity index (χ2n) is 4.55. The average molecular weight is 384 g/mol. The van der Waals surface area contributed by atoms with E-state index >= 15 is 0 Å². The maximum absolute atomic E-state index is 13.5. The van der Waals surface area contributed by atoms with E-state index in [4.69, 9.17) is 11.6 Å². The summed E-state index contributed by atoms with van der Waals surface area (Å²) in [4.78, 5) is 4.27. The SMILES string of the molecule is CS(=O)(=O)CCCn1c(CCl)nc2cc(F)c(Br)cc21. The van der Waals surface area contributed by atoms with Crippen LogP contribution in [0.2, 0.25) is 0 Å². The number of rotatable bonds is 5. The molecule has 0 spiro atoms. The minimum atomic E-state index is -3.00. The number of aromatic nitrogens is 2. The van der Waals surface area contributed by atoms with Crippen molar-refractivity contribution in [2.24, 2.45) is 0 Å². The molecule has 0 fully saturated rings. The summed E-state index contributed by atoms with van der Waals surface area (Å²) in [6.45, 7) is 0.476. The highest BCUT2D eigenvalue weighted by Crippen LogP contribution is 2.25. The van der Waals surface area contributed by atoms with Crippen LogP contribution >= 0.6 is 27.5 Å². The van der Waals surface area contributed by atoms with Crippen molar-refractivity contribution in [1.82, 2.24) is 9.55 Å². The Labute approximate surface area is 130 Å². The lowest BCUT2D eigenvalue weighted by Gasteiger charge is -2.07. The second kappa shape index (κ2) is 5.99. The second-order valence-corrected chi connectivity index (χ2v) is 7.93. The summed E-state index contributed by atoms with van der Waals surface area (Å²) in [7, 11) is -3.00. The number of imidazole rings is 1. The molecule has 0 aliphatic heterocycles. The Bertz CT molecular complexity index is 745. The maximum atomic E-state index is 13.5. The summed E-state index contributed by atoms with van der Waals surface area (Å²) in [6, 6.07) is 2.97. The number of fused-ring (bicyclic) bond motifs is 1. The molecule has 8 heteroatoms. The molecule has 1 aromatic carbocycles. The van der Waals surface area contributed by atoms with Crippen molar-refractivity contribution >= 4 is 48.4 Å². The fourth-order valence-electron chi connectivity index (χ4n) is 2.01. The summed E-state index contributed by atoms with van der Waals surface area (Å²) >= 11 is 8.98. The summed E-state index contributed by atoms with van der Waals surface area (Å²) in [5.41, 5.74) is 1.25. The lowest BCUT2D eigenvalue weighted by molar-refractivity contribution is 0.591. The largest absolute Gasteiger partial charge is 0.327 e. The Hall–Kier alpha value is -0.660. The molecule has 0 saturated heterocycles.